The summed E-state index contributed by atoms with van der Waals surface area (Å²) >= 11 is 0. The van der Waals surface area contributed by atoms with Crippen LogP contribution in [0.5, 0.6) is 0 Å². The number of pyridine rings is 1. The summed E-state index contributed by atoms with van der Waals surface area (Å²) in [5.41, 5.74) is 7.26. The van der Waals surface area contributed by atoms with Gasteiger partial charge in [-0.05, 0) is 24.7 Å². The van der Waals surface area contributed by atoms with Gasteiger partial charge in [0.05, 0.1) is 6.04 Å². The highest BCUT2D eigenvalue weighted by molar-refractivity contribution is 5.93. The third-order valence-corrected chi connectivity index (χ3v) is 4.02. The van der Waals surface area contributed by atoms with E-state index in [-0.39, 0.29) is 11.9 Å². The molecule has 1 atom stereocenters. The molecular weight excluding hydrogens is 276 g/mol. The van der Waals surface area contributed by atoms with Gasteiger partial charge in [0.15, 0.2) is 0 Å². The summed E-state index contributed by atoms with van der Waals surface area (Å²) in [7, 11) is 2.08. The summed E-state index contributed by atoms with van der Waals surface area (Å²) in [6.07, 6.45) is 0. The van der Waals surface area contributed by atoms with Gasteiger partial charge in [0.25, 0.3) is 5.91 Å². The molecule has 114 valence electrons. The van der Waals surface area contributed by atoms with E-state index in [0.29, 0.717) is 18.1 Å². The highest BCUT2D eigenvalue weighted by Crippen LogP contribution is 2.26. The molecule has 1 aliphatic rings. The largest absolute Gasteiger partial charge is 0.384 e. The number of amides is 1. The molecular formula is C17H20N4O. The van der Waals surface area contributed by atoms with Gasteiger partial charge in [-0.2, -0.15) is 0 Å². The lowest BCUT2D eigenvalue weighted by atomic mass is 10.0. The topological polar surface area (TPSA) is 62.5 Å². The van der Waals surface area contributed by atoms with Crippen molar-refractivity contribution in [1.29, 1.82) is 0 Å². The molecule has 5 heteroatoms. The van der Waals surface area contributed by atoms with Crippen LogP contribution in [0, 0.1) is 0 Å². The number of nitrogens with zero attached hydrogens (tertiary/aromatic N) is 3. The smallest absolute Gasteiger partial charge is 0.273 e. The maximum atomic E-state index is 12.8. The fraction of sp³-hybridized carbons (Fsp3) is 0.294. The van der Waals surface area contributed by atoms with Crippen LogP contribution >= 0.6 is 0 Å². The number of hydrogen-bond donors (Lipinski definition) is 1. The number of piperazine rings is 1. The minimum Gasteiger partial charge on any atom is -0.384 e. The molecule has 1 saturated heterocycles. The molecule has 5 nitrogen and oxygen atoms in total. The van der Waals surface area contributed by atoms with E-state index in [9.17, 15) is 4.79 Å². The minimum atomic E-state index is -0.0609. The van der Waals surface area contributed by atoms with Gasteiger partial charge in [0, 0.05) is 19.6 Å². The molecule has 1 aromatic carbocycles. The summed E-state index contributed by atoms with van der Waals surface area (Å²) in [5.74, 6) is 0.311. The van der Waals surface area contributed by atoms with Crippen LogP contribution in [0.25, 0.3) is 0 Å². The molecule has 2 aromatic rings. The Kier molecular flexibility index (Phi) is 4.06. The number of nitrogen functional groups attached to an aromatic ring is 1. The van der Waals surface area contributed by atoms with E-state index in [2.05, 4.69) is 29.1 Å². The molecule has 1 aliphatic heterocycles. The number of likely N-dealkylation sites (N-methyl/N-ethyl adjacent to an activating group) is 1. The van der Waals surface area contributed by atoms with Gasteiger partial charge in [-0.3, -0.25) is 4.79 Å². The van der Waals surface area contributed by atoms with Crippen LogP contribution < -0.4 is 5.73 Å². The molecule has 1 fully saturated rings. The van der Waals surface area contributed by atoms with Crippen molar-refractivity contribution < 1.29 is 4.79 Å². The first-order chi connectivity index (χ1) is 10.6. The molecule has 0 saturated carbocycles. The third kappa shape index (κ3) is 2.94. The summed E-state index contributed by atoms with van der Waals surface area (Å²) < 4.78 is 0. The predicted molar refractivity (Wildman–Crippen MR) is 86.4 cm³/mol. The SMILES string of the molecule is CN1CCN(C(=O)c2cccc(N)n2)C(c2ccccc2)C1. The molecule has 0 bridgehead atoms. The quantitative estimate of drug-likeness (QED) is 0.918. The van der Waals surface area contributed by atoms with Crippen molar-refractivity contribution in [3.8, 4) is 0 Å². The zero-order valence-electron chi connectivity index (χ0n) is 12.6. The molecule has 1 unspecified atom stereocenters. The molecule has 3 rings (SSSR count). The first kappa shape index (κ1) is 14.5. The van der Waals surface area contributed by atoms with Crippen molar-refractivity contribution in [2.24, 2.45) is 0 Å². The maximum Gasteiger partial charge on any atom is 0.273 e. The highest BCUT2D eigenvalue weighted by atomic mass is 16.2. The number of anilines is 1. The van der Waals surface area contributed by atoms with E-state index in [1.807, 2.05) is 23.1 Å². The number of nitrogens with two attached hydrogens (primary N) is 1. The van der Waals surface area contributed by atoms with Crippen molar-refractivity contribution in [3.05, 3.63) is 59.8 Å². The number of carbonyl (C=O) groups excluding carboxylic acids is 1. The van der Waals surface area contributed by atoms with Crippen molar-refractivity contribution >= 4 is 11.7 Å². The Bertz CT molecular complexity index is 659. The van der Waals surface area contributed by atoms with E-state index in [1.54, 1.807) is 18.2 Å². The number of hydrogen-bond acceptors (Lipinski definition) is 4. The van der Waals surface area contributed by atoms with Crippen LogP contribution in [0.1, 0.15) is 22.1 Å². The minimum absolute atomic E-state index is 0.0377. The van der Waals surface area contributed by atoms with Gasteiger partial charge in [0.2, 0.25) is 0 Å². The molecule has 1 amide bonds. The van der Waals surface area contributed by atoms with Crippen LogP contribution in [-0.4, -0.2) is 47.4 Å². The lowest BCUT2D eigenvalue weighted by Gasteiger charge is -2.40. The number of rotatable bonds is 2. The predicted octanol–water partition coefficient (Wildman–Crippen LogP) is 1.79. The van der Waals surface area contributed by atoms with Crippen molar-refractivity contribution in [3.63, 3.8) is 0 Å². The average Bonchev–Trinajstić information content (AvgIpc) is 2.55. The van der Waals surface area contributed by atoms with Gasteiger partial charge in [-0.1, -0.05) is 36.4 Å². The van der Waals surface area contributed by atoms with E-state index >= 15 is 0 Å². The van der Waals surface area contributed by atoms with E-state index in [4.69, 9.17) is 5.73 Å². The second-order valence-electron chi connectivity index (χ2n) is 5.63. The summed E-state index contributed by atoms with van der Waals surface area (Å²) in [4.78, 5) is 21.1. The molecule has 2 N–H and O–H groups in total. The van der Waals surface area contributed by atoms with E-state index in [1.165, 1.54) is 0 Å². The monoisotopic (exact) mass is 296 g/mol. The molecule has 0 aliphatic carbocycles. The van der Waals surface area contributed by atoms with Crippen LogP contribution in [0.3, 0.4) is 0 Å². The Morgan fingerprint density at radius 2 is 1.91 bits per heavy atom. The van der Waals surface area contributed by atoms with Gasteiger partial charge < -0.3 is 15.5 Å². The second kappa shape index (κ2) is 6.15. The van der Waals surface area contributed by atoms with E-state index < -0.39 is 0 Å². The molecule has 0 spiro atoms. The van der Waals surface area contributed by atoms with Gasteiger partial charge in [-0.25, -0.2) is 4.98 Å². The van der Waals surface area contributed by atoms with Crippen molar-refractivity contribution in [2.75, 3.05) is 32.4 Å². The molecule has 1 aromatic heterocycles. The average molecular weight is 296 g/mol. The van der Waals surface area contributed by atoms with Crippen LogP contribution in [0.2, 0.25) is 0 Å². The van der Waals surface area contributed by atoms with Crippen molar-refractivity contribution in [2.45, 2.75) is 6.04 Å². The number of benzene rings is 1. The maximum absolute atomic E-state index is 12.8. The van der Waals surface area contributed by atoms with Crippen LogP contribution in [0.4, 0.5) is 5.82 Å². The summed E-state index contributed by atoms with van der Waals surface area (Å²) in [6, 6.07) is 15.3. The Morgan fingerprint density at radius 3 is 2.64 bits per heavy atom. The molecule has 2 heterocycles. The van der Waals surface area contributed by atoms with Gasteiger partial charge in [0.1, 0.15) is 11.5 Å². The lowest BCUT2D eigenvalue weighted by molar-refractivity contribution is 0.0492. The van der Waals surface area contributed by atoms with Crippen LogP contribution in [0.15, 0.2) is 48.5 Å². The van der Waals surface area contributed by atoms with E-state index in [0.717, 1.165) is 18.7 Å². The molecule has 22 heavy (non-hydrogen) atoms. The molecule has 0 radical (unpaired) electrons. The Labute approximate surface area is 130 Å². The number of carbonyl (C=O) groups is 1. The standard InChI is InChI=1S/C17H20N4O/c1-20-10-11-21(15(12-20)13-6-3-2-4-7-13)17(22)14-8-5-9-16(18)19-14/h2-9,15H,10-12H2,1H3,(H2,18,19). The summed E-state index contributed by atoms with van der Waals surface area (Å²) in [5, 5.41) is 0. The zero-order valence-corrected chi connectivity index (χ0v) is 12.6. The number of aromatic nitrogens is 1. The first-order valence-corrected chi connectivity index (χ1v) is 7.42. The Morgan fingerprint density at radius 1 is 1.14 bits per heavy atom. The van der Waals surface area contributed by atoms with Gasteiger partial charge >= 0.3 is 0 Å². The second-order valence-corrected chi connectivity index (χ2v) is 5.63. The lowest BCUT2D eigenvalue weighted by Crippen LogP contribution is -2.49. The van der Waals surface area contributed by atoms with Gasteiger partial charge in [-0.15, -0.1) is 0 Å². The first-order valence-electron chi connectivity index (χ1n) is 7.42. The Hall–Kier alpha value is -2.40. The van der Waals surface area contributed by atoms with Crippen molar-refractivity contribution in [1.82, 2.24) is 14.8 Å². The third-order valence-electron chi connectivity index (χ3n) is 4.02. The Balaban J connectivity index is 1.91. The van der Waals surface area contributed by atoms with Crippen LogP contribution in [-0.2, 0) is 0 Å². The fourth-order valence-corrected chi connectivity index (χ4v) is 2.84. The zero-order chi connectivity index (χ0) is 15.5. The highest BCUT2D eigenvalue weighted by Gasteiger charge is 2.31. The summed E-state index contributed by atoms with van der Waals surface area (Å²) in [6.45, 7) is 2.36. The normalized spacial score (nSPS) is 19.1. The fourth-order valence-electron chi connectivity index (χ4n) is 2.84.